The van der Waals surface area contributed by atoms with Crippen LogP contribution < -0.4 is 20.7 Å². The molecule has 0 aliphatic heterocycles. The van der Waals surface area contributed by atoms with Gasteiger partial charge in [-0.05, 0) is 61.2 Å². The molecule has 0 radical (unpaired) electrons. The molecule has 0 spiro atoms. The summed E-state index contributed by atoms with van der Waals surface area (Å²) in [5.74, 6) is -1.08. The first-order valence-electron chi connectivity index (χ1n) is 16.3. The fourth-order valence-electron chi connectivity index (χ4n) is 3.94. The third kappa shape index (κ3) is 21.8. The molecule has 2 atom stereocenters. The van der Waals surface area contributed by atoms with Gasteiger partial charge in [0.05, 0.1) is 29.8 Å². The highest BCUT2D eigenvalue weighted by molar-refractivity contribution is 6.31. The molecule has 0 aliphatic rings. The van der Waals surface area contributed by atoms with Gasteiger partial charge in [0.1, 0.15) is 17.4 Å². The van der Waals surface area contributed by atoms with E-state index in [9.17, 15) is 23.6 Å². The average molecular weight is 726 g/mol. The lowest BCUT2D eigenvalue weighted by Gasteiger charge is -2.25. The molecule has 3 rings (SSSR count). The topological polar surface area (TPSA) is 103 Å². The number of nitrogens with one attached hydrogen (secondary N) is 3. The maximum Gasteiger partial charge on any atom is 0.251 e. The first kappa shape index (κ1) is 49.7. The molecule has 0 saturated heterocycles. The average Bonchev–Trinajstić information content (AvgIpc) is 3.09. The van der Waals surface area contributed by atoms with Crippen LogP contribution >= 0.6 is 23.2 Å². The van der Waals surface area contributed by atoms with Gasteiger partial charge in [-0.2, -0.15) is 5.26 Å². The van der Waals surface area contributed by atoms with Gasteiger partial charge in [-0.1, -0.05) is 104 Å². The van der Waals surface area contributed by atoms with Crippen LogP contribution in [-0.2, 0) is 4.79 Å². The molecule has 0 bridgehead atoms. The van der Waals surface area contributed by atoms with Crippen molar-refractivity contribution in [2.24, 2.45) is 5.41 Å². The number of anilines is 1. The zero-order chi connectivity index (χ0) is 38.6. The molecule has 2 unspecified atom stereocenters. The van der Waals surface area contributed by atoms with Crippen LogP contribution in [0.1, 0.15) is 97.5 Å². The Morgan fingerprint density at radius 2 is 1.57 bits per heavy atom. The Hall–Kier alpha value is -3.71. The molecule has 0 aliphatic carbocycles. The number of carbonyl (C=O) groups excluding carboxylic acids is 2. The minimum absolute atomic E-state index is 0.0606. The highest BCUT2D eigenvalue weighted by Crippen LogP contribution is 2.26. The van der Waals surface area contributed by atoms with Crippen molar-refractivity contribution in [1.29, 1.82) is 5.26 Å². The van der Waals surface area contributed by atoms with Gasteiger partial charge in [-0.25, -0.2) is 8.78 Å². The second-order valence-corrected chi connectivity index (χ2v) is 11.4. The molecule has 0 aromatic heterocycles. The molecule has 3 aromatic rings. The van der Waals surface area contributed by atoms with Crippen LogP contribution in [0.25, 0.3) is 0 Å². The van der Waals surface area contributed by atoms with E-state index in [1.807, 2.05) is 41.5 Å². The Morgan fingerprint density at radius 1 is 0.980 bits per heavy atom. The number of nitriles is 1. The van der Waals surface area contributed by atoms with E-state index in [4.69, 9.17) is 27.9 Å². The van der Waals surface area contributed by atoms with Crippen LogP contribution in [0.5, 0.6) is 5.75 Å². The molecular weight excluding hydrogens is 669 g/mol. The van der Waals surface area contributed by atoms with E-state index in [2.05, 4.69) is 49.7 Å². The number of benzene rings is 3. The molecule has 11 heteroatoms. The standard InChI is InChI=1S/C16H22ClFN2.C10H12N2O3.C6H4ClF.3C2H6/c1-11(8-16(2,3)4)20-10-12(9-19)13-6-5-7-14(17)15(13)18;1-11-10(14)7-3-4-8(12-6-13)9(5-7)15-2;7-5-2-1-3-6(8)4-5;3*1-2/h5-7,11-12,20H,8,10H2,1-4H3;3-6H,1-2H3,(H,11,14)(H,12,13);1-4H;3*1-2H3. The summed E-state index contributed by atoms with van der Waals surface area (Å²) in [4.78, 5) is 21.6. The number of nitrogens with zero attached hydrogens (tertiary/aromatic N) is 1. The van der Waals surface area contributed by atoms with Crippen LogP contribution in [0, 0.1) is 28.4 Å². The fourth-order valence-corrected chi connectivity index (χ4v) is 4.30. The molecule has 7 nitrogen and oxygen atoms in total. The molecular formula is C38H56Cl2F2N4O3. The second-order valence-electron chi connectivity index (χ2n) is 10.6. The van der Waals surface area contributed by atoms with Crippen molar-refractivity contribution < 1.29 is 23.1 Å². The minimum Gasteiger partial charge on any atom is -0.495 e. The zero-order valence-corrected chi connectivity index (χ0v) is 32.6. The monoisotopic (exact) mass is 724 g/mol. The predicted molar refractivity (Wildman–Crippen MR) is 203 cm³/mol. The molecule has 0 fully saturated rings. The molecule has 274 valence electrons. The van der Waals surface area contributed by atoms with Crippen molar-refractivity contribution in [3.63, 3.8) is 0 Å². The van der Waals surface area contributed by atoms with Crippen molar-refractivity contribution in [3.8, 4) is 11.8 Å². The smallest absolute Gasteiger partial charge is 0.251 e. The van der Waals surface area contributed by atoms with Crippen molar-refractivity contribution in [3.05, 3.63) is 93.5 Å². The van der Waals surface area contributed by atoms with Crippen LogP contribution in [0.3, 0.4) is 0 Å². The first-order valence-corrected chi connectivity index (χ1v) is 17.1. The van der Waals surface area contributed by atoms with Crippen LogP contribution in [-0.4, -0.2) is 39.1 Å². The Bertz CT molecular complexity index is 1360. The van der Waals surface area contributed by atoms with E-state index in [1.54, 1.807) is 49.5 Å². The van der Waals surface area contributed by atoms with Gasteiger partial charge in [0.2, 0.25) is 6.41 Å². The summed E-state index contributed by atoms with van der Waals surface area (Å²) in [5, 5.41) is 18.0. The molecule has 3 aromatic carbocycles. The van der Waals surface area contributed by atoms with E-state index in [-0.39, 0.29) is 28.2 Å². The zero-order valence-electron chi connectivity index (χ0n) is 31.1. The van der Waals surface area contributed by atoms with E-state index >= 15 is 0 Å². The second kappa shape index (κ2) is 29.2. The SMILES string of the molecule is CC.CC.CC.CC(CC(C)(C)C)NCC(C#N)c1cccc(Cl)c1F.CNC(=O)c1ccc(NC=O)c(OC)c1.Fc1cccc(Cl)c1. The number of ether oxygens (including phenoxy) is 1. The fraction of sp³-hybridized carbons (Fsp3) is 0.447. The molecule has 2 amide bonds. The summed E-state index contributed by atoms with van der Waals surface area (Å²) in [6.45, 7) is 21.0. The van der Waals surface area contributed by atoms with Crippen LogP contribution in [0.15, 0.2) is 60.7 Å². The van der Waals surface area contributed by atoms with Gasteiger partial charge in [0.15, 0.2) is 0 Å². The van der Waals surface area contributed by atoms with Crippen molar-refractivity contribution in [2.75, 3.05) is 26.0 Å². The largest absolute Gasteiger partial charge is 0.495 e. The number of rotatable bonds is 9. The lowest BCUT2D eigenvalue weighted by Crippen LogP contribution is -2.33. The van der Waals surface area contributed by atoms with Crippen molar-refractivity contribution >= 4 is 41.2 Å². The third-order valence-electron chi connectivity index (χ3n) is 5.79. The summed E-state index contributed by atoms with van der Waals surface area (Å²) in [6, 6.07) is 17.8. The summed E-state index contributed by atoms with van der Waals surface area (Å²) in [6.07, 6.45) is 1.54. The molecule has 0 heterocycles. The minimum atomic E-state index is -0.531. The lowest BCUT2D eigenvalue weighted by molar-refractivity contribution is -0.105. The highest BCUT2D eigenvalue weighted by Gasteiger charge is 2.20. The number of hydrogen-bond acceptors (Lipinski definition) is 5. The Kier molecular flexibility index (Phi) is 29.6. The Labute approximate surface area is 303 Å². The van der Waals surface area contributed by atoms with Gasteiger partial charge in [-0.15, -0.1) is 0 Å². The molecule has 49 heavy (non-hydrogen) atoms. The lowest BCUT2D eigenvalue weighted by atomic mass is 9.88. The quantitative estimate of drug-likeness (QED) is 0.191. The van der Waals surface area contributed by atoms with Gasteiger partial charge in [-0.3, -0.25) is 9.59 Å². The van der Waals surface area contributed by atoms with E-state index in [1.165, 1.54) is 25.3 Å². The summed E-state index contributed by atoms with van der Waals surface area (Å²) >= 11 is 11.2. The predicted octanol–water partition coefficient (Wildman–Crippen LogP) is 10.7. The maximum absolute atomic E-state index is 13.9. The van der Waals surface area contributed by atoms with E-state index < -0.39 is 11.7 Å². The summed E-state index contributed by atoms with van der Waals surface area (Å²) in [7, 11) is 3.02. The Morgan fingerprint density at radius 3 is 2.02 bits per heavy atom. The van der Waals surface area contributed by atoms with Crippen LogP contribution in [0.2, 0.25) is 10.0 Å². The van der Waals surface area contributed by atoms with E-state index in [0.29, 0.717) is 40.5 Å². The van der Waals surface area contributed by atoms with Gasteiger partial charge < -0.3 is 20.7 Å². The molecule has 0 saturated carbocycles. The normalized spacial score (nSPS) is 10.7. The first-order chi connectivity index (χ1) is 23.3. The number of carbonyl (C=O) groups is 2. The number of hydrogen-bond donors (Lipinski definition) is 3. The van der Waals surface area contributed by atoms with Gasteiger partial charge >= 0.3 is 0 Å². The summed E-state index contributed by atoms with van der Waals surface area (Å²) in [5.41, 5.74) is 1.58. The van der Waals surface area contributed by atoms with Crippen molar-refractivity contribution in [1.82, 2.24) is 10.6 Å². The number of amides is 2. The molecule has 3 N–H and O–H groups in total. The third-order valence-corrected chi connectivity index (χ3v) is 6.32. The number of halogens is 4. The Balaban J connectivity index is -0.000000639. The van der Waals surface area contributed by atoms with Gasteiger partial charge in [0, 0.05) is 35.8 Å². The number of methoxy groups -OCH3 is 1. The van der Waals surface area contributed by atoms with Crippen LogP contribution in [0.4, 0.5) is 14.5 Å². The van der Waals surface area contributed by atoms with Crippen molar-refractivity contribution in [2.45, 2.75) is 87.6 Å². The van der Waals surface area contributed by atoms with E-state index in [0.717, 1.165) is 6.42 Å². The summed E-state index contributed by atoms with van der Waals surface area (Å²) < 4.78 is 31.0. The highest BCUT2D eigenvalue weighted by atomic mass is 35.5. The van der Waals surface area contributed by atoms with Gasteiger partial charge in [0.25, 0.3) is 5.91 Å². The maximum atomic E-state index is 13.9.